The minimum absolute atomic E-state index is 0.129. The highest BCUT2D eigenvalue weighted by molar-refractivity contribution is 5.68. The molecular formula is C26H24N2O3. The van der Waals surface area contributed by atoms with E-state index in [0.717, 1.165) is 24.1 Å². The number of benzene rings is 3. The molecule has 1 aromatic heterocycles. The molecule has 0 amide bonds. The monoisotopic (exact) mass is 412 g/mol. The molecule has 4 aromatic rings. The summed E-state index contributed by atoms with van der Waals surface area (Å²) in [5.41, 5.74) is 4.69. The first kappa shape index (κ1) is 20.4. The maximum absolute atomic E-state index is 10.7. The zero-order valence-electron chi connectivity index (χ0n) is 17.1. The van der Waals surface area contributed by atoms with E-state index in [1.54, 1.807) is 6.07 Å². The van der Waals surface area contributed by atoms with Crippen molar-refractivity contribution < 1.29 is 14.6 Å². The highest BCUT2D eigenvalue weighted by Crippen LogP contribution is 2.31. The van der Waals surface area contributed by atoms with Gasteiger partial charge in [-0.05, 0) is 35.2 Å². The lowest BCUT2D eigenvalue weighted by atomic mass is 9.87. The molecule has 3 aromatic carbocycles. The number of hydrogen-bond donors (Lipinski definition) is 1. The SMILES string of the molecule is O=C(O)COc1cccc(CCn2cc(C(c3ccccc3)c3ccccc3)cn2)c1. The first-order chi connectivity index (χ1) is 15.2. The van der Waals surface area contributed by atoms with Gasteiger partial charge in [-0.2, -0.15) is 5.10 Å². The van der Waals surface area contributed by atoms with Crippen molar-refractivity contribution in [3.8, 4) is 5.75 Å². The van der Waals surface area contributed by atoms with Crippen LogP contribution in [0.2, 0.25) is 0 Å². The van der Waals surface area contributed by atoms with E-state index in [4.69, 9.17) is 9.84 Å². The average molecular weight is 412 g/mol. The molecule has 0 spiro atoms. The Morgan fingerprint density at radius 3 is 2.23 bits per heavy atom. The summed E-state index contributed by atoms with van der Waals surface area (Å²) in [6.45, 7) is 0.380. The Morgan fingerprint density at radius 2 is 1.58 bits per heavy atom. The number of nitrogens with zero attached hydrogens (tertiary/aromatic N) is 2. The van der Waals surface area contributed by atoms with Gasteiger partial charge < -0.3 is 9.84 Å². The molecule has 4 rings (SSSR count). The number of aryl methyl sites for hydroxylation is 2. The molecule has 0 aliphatic heterocycles. The van der Waals surface area contributed by atoms with Crippen LogP contribution in [0.1, 0.15) is 28.2 Å². The summed E-state index contributed by atoms with van der Waals surface area (Å²) < 4.78 is 7.23. The molecule has 1 heterocycles. The van der Waals surface area contributed by atoms with Gasteiger partial charge in [-0.25, -0.2) is 4.79 Å². The maximum Gasteiger partial charge on any atom is 0.341 e. The average Bonchev–Trinajstić information content (AvgIpc) is 3.27. The van der Waals surface area contributed by atoms with E-state index in [1.807, 2.05) is 41.2 Å². The summed E-state index contributed by atoms with van der Waals surface area (Å²) in [4.78, 5) is 10.7. The van der Waals surface area contributed by atoms with Gasteiger partial charge in [0.2, 0.25) is 0 Å². The standard InChI is InChI=1S/C26H24N2O3/c29-25(30)19-31-24-13-7-8-20(16-24)14-15-28-18-23(17-27-28)26(21-9-3-1-4-10-21)22-11-5-2-6-12-22/h1-13,16-18,26H,14-15,19H2,(H,29,30). The number of carboxylic acid groups (broad SMARTS) is 1. The molecule has 5 nitrogen and oxygen atoms in total. The molecule has 0 aliphatic rings. The Labute approximate surface area is 181 Å². The molecule has 0 bridgehead atoms. The maximum atomic E-state index is 10.7. The molecule has 0 radical (unpaired) electrons. The fraction of sp³-hybridized carbons (Fsp3) is 0.154. The second-order valence-electron chi connectivity index (χ2n) is 7.37. The third kappa shape index (κ3) is 5.39. The highest BCUT2D eigenvalue weighted by atomic mass is 16.5. The molecule has 0 atom stereocenters. The van der Waals surface area contributed by atoms with Crippen LogP contribution in [0, 0.1) is 0 Å². The Kier molecular flexibility index (Phi) is 6.43. The van der Waals surface area contributed by atoms with Gasteiger partial charge in [0.15, 0.2) is 6.61 Å². The fourth-order valence-electron chi connectivity index (χ4n) is 3.70. The van der Waals surface area contributed by atoms with Crippen LogP contribution in [-0.4, -0.2) is 27.5 Å². The van der Waals surface area contributed by atoms with E-state index in [-0.39, 0.29) is 12.5 Å². The molecule has 0 aliphatic carbocycles. The van der Waals surface area contributed by atoms with Crippen molar-refractivity contribution in [1.29, 1.82) is 0 Å². The lowest BCUT2D eigenvalue weighted by Crippen LogP contribution is -2.09. The number of rotatable bonds is 9. The Balaban J connectivity index is 1.49. The van der Waals surface area contributed by atoms with Crippen molar-refractivity contribution in [3.63, 3.8) is 0 Å². The Hall–Kier alpha value is -3.86. The minimum atomic E-state index is -0.985. The van der Waals surface area contributed by atoms with E-state index >= 15 is 0 Å². The van der Waals surface area contributed by atoms with Crippen molar-refractivity contribution in [2.24, 2.45) is 0 Å². The molecule has 0 saturated carbocycles. The van der Waals surface area contributed by atoms with Crippen LogP contribution in [0.3, 0.4) is 0 Å². The van der Waals surface area contributed by atoms with E-state index in [9.17, 15) is 4.79 Å². The number of carbonyl (C=O) groups is 1. The van der Waals surface area contributed by atoms with E-state index in [1.165, 1.54) is 11.1 Å². The van der Waals surface area contributed by atoms with Gasteiger partial charge >= 0.3 is 5.97 Å². The van der Waals surface area contributed by atoms with Gasteiger partial charge in [-0.3, -0.25) is 4.68 Å². The van der Waals surface area contributed by atoms with Gasteiger partial charge in [-0.15, -0.1) is 0 Å². The molecule has 0 saturated heterocycles. The third-order valence-corrected chi connectivity index (χ3v) is 5.14. The molecule has 31 heavy (non-hydrogen) atoms. The second-order valence-corrected chi connectivity index (χ2v) is 7.37. The lowest BCUT2D eigenvalue weighted by Gasteiger charge is -2.16. The molecule has 0 fully saturated rings. The van der Waals surface area contributed by atoms with E-state index in [2.05, 4.69) is 59.8 Å². The molecule has 0 unspecified atom stereocenters. The summed E-state index contributed by atoms with van der Waals surface area (Å²) in [6, 6.07) is 28.5. The lowest BCUT2D eigenvalue weighted by molar-refractivity contribution is -0.139. The van der Waals surface area contributed by atoms with E-state index < -0.39 is 5.97 Å². The zero-order chi connectivity index (χ0) is 21.5. The second kappa shape index (κ2) is 9.76. The molecule has 156 valence electrons. The van der Waals surface area contributed by atoms with Crippen molar-refractivity contribution in [3.05, 3.63) is 120 Å². The highest BCUT2D eigenvalue weighted by Gasteiger charge is 2.18. The smallest absolute Gasteiger partial charge is 0.341 e. The number of aromatic nitrogens is 2. The van der Waals surface area contributed by atoms with E-state index in [0.29, 0.717) is 5.75 Å². The fourth-order valence-corrected chi connectivity index (χ4v) is 3.70. The number of ether oxygens (including phenoxy) is 1. The van der Waals surface area contributed by atoms with Crippen molar-refractivity contribution >= 4 is 5.97 Å². The first-order valence-electron chi connectivity index (χ1n) is 10.2. The normalized spacial score (nSPS) is 10.9. The molecular weight excluding hydrogens is 388 g/mol. The van der Waals surface area contributed by atoms with Crippen LogP contribution in [0.4, 0.5) is 0 Å². The topological polar surface area (TPSA) is 64.3 Å². The van der Waals surface area contributed by atoms with Crippen LogP contribution in [-0.2, 0) is 17.8 Å². The van der Waals surface area contributed by atoms with Crippen LogP contribution < -0.4 is 4.74 Å². The van der Waals surface area contributed by atoms with Crippen molar-refractivity contribution in [1.82, 2.24) is 9.78 Å². The predicted octanol–water partition coefficient (Wildman–Crippen LogP) is 4.77. The van der Waals surface area contributed by atoms with Gasteiger partial charge in [0.1, 0.15) is 5.75 Å². The van der Waals surface area contributed by atoms with Crippen LogP contribution in [0.25, 0.3) is 0 Å². The summed E-state index contributed by atoms with van der Waals surface area (Å²) in [7, 11) is 0. The third-order valence-electron chi connectivity index (χ3n) is 5.14. The largest absolute Gasteiger partial charge is 0.482 e. The van der Waals surface area contributed by atoms with Crippen molar-refractivity contribution in [2.45, 2.75) is 18.9 Å². The number of aliphatic carboxylic acids is 1. The summed E-state index contributed by atoms with van der Waals surface area (Å²) in [6.07, 6.45) is 4.82. The Morgan fingerprint density at radius 1 is 0.903 bits per heavy atom. The number of carboxylic acids is 1. The van der Waals surface area contributed by atoms with Gasteiger partial charge in [0.25, 0.3) is 0 Å². The van der Waals surface area contributed by atoms with Gasteiger partial charge in [0, 0.05) is 24.2 Å². The molecule has 5 heteroatoms. The Bertz CT molecular complexity index is 1080. The first-order valence-corrected chi connectivity index (χ1v) is 10.2. The summed E-state index contributed by atoms with van der Waals surface area (Å²) in [5, 5.41) is 13.4. The molecule has 1 N–H and O–H groups in total. The van der Waals surface area contributed by atoms with Crippen LogP contribution >= 0.6 is 0 Å². The predicted molar refractivity (Wildman–Crippen MR) is 119 cm³/mol. The minimum Gasteiger partial charge on any atom is -0.482 e. The van der Waals surface area contributed by atoms with Crippen LogP contribution in [0.15, 0.2) is 97.3 Å². The quantitative estimate of drug-likeness (QED) is 0.430. The van der Waals surface area contributed by atoms with Crippen molar-refractivity contribution in [2.75, 3.05) is 6.61 Å². The zero-order valence-corrected chi connectivity index (χ0v) is 17.1. The van der Waals surface area contributed by atoms with Gasteiger partial charge in [-0.1, -0.05) is 72.8 Å². The summed E-state index contributed by atoms with van der Waals surface area (Å²) >= 11 is 0. The van der Waals surface area contributed by atoms with Crippen LogP contribution in [0.5, 0.6) is 5.75 Å². The van der Waals surface area contributed by atoms with Gasteiger partial charge in [0.05, 0.1) is 6.20 Å². The number of hydrogen-bond acceptors (Lipinski definition) is 3. The summed E-state index contributed by atoms with van der Waals surface area (Å²) in [5.74, 6) is -0.293.